The van der Waals surface area contributed by atoms with E-state index in [2.05, 4.69) is 5.32 Å². The van der Waals surface area contributed by atoms with Gasteiger partial charge < -0.3 is 15.8 Å². The van der Waals surface area contributed by atoms with Crippen LogP contribution < -0.4 is 11.1 Å². The molecule has 1 fully saturated rings. The number of nitrogens with two attached hydrogens (primary N) is 1. The summed E-state index contributed by atoms with van der Waals surface area (Å²) in [5, 5.41) is 2.83. The zero-order chi connectivity index (χ0) is 14.0. The Balaban J connectivity index is 2.05. The molecule has 1 aliphatic carbocycles. The maximum atomic E-state index is 12.0. The Morgan fingerprint density at radius 3 is 2.84 bits per heavy atom. The number of carbonyl (C=O) groups is 2. The topological polar surface area (TPSA) is 81.4 Å². The Labute approximate surface area is 112 Å². The highest BCUT2D eigenvalue weighted by atomic mass is 16.5. The Hall–Kier alpha value is -1.88. The average Bonchev–Trinajstić information content (AvgIpc) is 3.11. The molecule has 1 aliphatic rings. The molecule has 2 atom stereocenters. The van der Waals surface area contributed by atoms with E-state index in [9.17, 15) is 9.59 Å². The van der Waals surface area contributed by atoms with Crippen molar-refractivity contribution in [3.8, 4) is 0 Å². The summed E-state index contributed by atoms with van der Waals surface area (Å²) >= 11 is 0. The minimum absolute atomic E-state index is 0.0321. The van der Waals surface area contributed by atoms with Crippen molar-refractivity contribution in [3.05, 3.63) is 29.3 Å². The van der Waals surface area contributed by atoms with Crippen LogP contribution in [0.2, 0.25) is 0 Å². The summed E-state index contributed by atoms with van der Waals surface area (Å²) in [6, 6.07) is 5.02. The molecule has 19 heavy (non-hydrogen) atoms. The summed E-state index contributed by atoms with van der Waals surface area (Å²) in [6.07, 6.45) is 0.790. The SMILES string of the molecule is CCO[C@@H]1C[C@H]1C(=O)Nc1cc(C(N)=O)ccc1C. The first kappa shape index (κ1) is 13.5. The van der Waals surface area contributed by atoms with E-state index >= 15 is 0 Å². The zero-order valence-electron chi connectivity index (χ0n) is 11.1. The maximum absolute atomic E-state index is 12.0. The van der Waals surface area contributed by atoms with Crippen LogP contribution >= 0.6 is 0 Å². The number of anilines is 1. The van der Waals surface area contributed by atoms with E-state index in [0.717, 1.165) is 12.0 Å². The molecule has 0 unspecified atom stereocenters. The van der Waals surface area contributed by atoms with Crippen LogP contribution in [-0.4, -0.2) is 24.5 Å². The van der Waals surface area contributed by atoms with Crippen molar-refractivity contribution >= 4 is 17.5 Å². The van der Waals surface area contributed by atoms with Gasteiger partial charge in [-0.15, -0.1) is 0 Å². The molecule has 1 aromatic carbocycles. The van der Waals surface area contributed by atoms with Crippen molar-refractivity contribution in [1.29, 1.82) is 0 Å². The third kappa shape index (κ3) is 3.12. The Morgan fingerprint density at radius 2 is 2.21 bits per heavy atom. The molecule has 0 spiro atoms. The van der Waals surface area contributed by atoms with Crippen LogP contribution in [0.25, 0.3) is 0 Å². The molecule has 3 N–H and O–H groups in total. The molecule has 1 saturated carbocycles. The second-order valence-electron chi connectivity index (χ2n) is 4.72. The largest absolute Gasteiger partial charge is 0.378 e. The third-order valence-electron chi connectivity index (χ3n) is 3.23. The van der Waals surface area contributed by atoms with Crippen LogP contribution in [-0.2, 0) is 9.53 Å². The summed E-state index contributed by atoms with van der Waals surface area (Å²) in [5.41, 5.74) is 7.14. The molecular weight excluding hydrogens is 244 g/mol. The molecule has 2 rings (SSSR count). The van der Waals surface area contributed by atoms with Gasteiger partial charge in [0.2, 0.25) is 11.8 Å². The van der Waals surface area contributed by atoms with Crippen LogP contribution in [0.5, 0.6) is 0 Å². The van der Waals surface area contributed by atoms with Gasteiger partial charge >= 0.3 is 0 Å². The van der Waals surface area contributed by atoms with E-state index in [0.29, 0.717) is 17.9 Å². The highest BCUT2D eigenvalue weighted by Crippen LogP contribution is 2.35. The average molecular weight is 262 g/mol. The van der Waals surface area contributed by atoms with Crippen LogP contribution in [0.4, 0.5) is 5.69 Å². The maximum Gasteiger partial charge on any atom is 0.248 e. The molecule has 0 radical (unpaired) electrons. The molecule has 0 aromatic heterocycles. The molecule has 0 heterocycles. The summed E-state index contributed by atoms with van der Waals surface area (Å²) in [5.74, 6) is -0.658. The van der Waals surface area contributed by atoms with E-state index in [1.54, 1.807) is 18.2 Å². The molecule has 0 aliphatic heterocycles. The molecule has 0 bridgehead atoms. The second-order valence-corrected chi connectivity index (χ2v) is 4.72. The minimum Gasteiger partial charge on any atom is -0.378 e. The predicted molar refractivity (Wildman–Crippen MR) is 71.8 cm³/mol. The lowest BCUT2D eigenvalue weighted by Gasteiger charge is -2.09. The smallest absolute Gasteiger partial charge is 0.248 e. The molecule has 0 saturated heterocycles. The number of hydrogen-bond donors (Lipinski definition) is 2. The van der Waals surface area contributed by atoms with Gasteiger partial charge in [0, 0.05) is 17.9 Å². The van der Waals surface area contributed by atoms with Crippen LogP contribution in [0.15, 0.2) is 18.2 Å². The molecule has 5 heteroatoms. The monoisotopic (exact) mass is 262 g/mol. The molecular formula is C14H18N2O3. The van der Waals surface area contributed by atoms with Gasteiger partial charge in [-0.2, -0.15) is 0 Å². The van der Waals surface area contributed by atoms with E-state index in [-0.39, 0.29) is 17.9 Å². The van der Waals surface area contributed by atoms with E-state index in [1.807, 2.05) is 13.8 Å². The first-order chi connectivity index (χ1) is 9.02. The van der Waals surface area contributed by atoms with Crippen LogP contribution in [0.1, 0.15) is 29.3 Å². The third-order valence-corrected chi connectivity index (χ3v) is 3.23. The Morgan fingerprint density at radius 1 is 1.47 bits per heavy atom. The number of nitrogens with one attached hydrogen (secondary N) is 1. The number of amides is 2. The first-order valence-electron chi connectivity index (χ1n) is 6.35. The summed E-state index contributed by atoms with van der Waals surface area (Å²) in [4.78, 5) is 23.1. The fraction of sp³-hybridized carbons (Fsp3) is 0.429. The second kappa shape index (κ2) is 5.40. The van der Waals surface area contributed by atoms with Gasteiger partial charge in [0.05, 0.1) is 12.0 Å². The van der Waals surface area contributed by atoms with Crippen molar-refractivity contribution in [2.24, 2.45) is 11.7 Å². The fourth-order valence-electron chi connectivity index (χ4n) is 1.98. The molecule has 5 nitrogen and oxygen atoms in total. The number of hydrogen-bond acceptors (Lipinski definition) is 3. The number of aryl methyl sites for hydroxylation is 1. The zero-order valence-corrected chi connectivity index (χ0v) is 11.1. The lowest BCUT2D eigenvalue weighted by molar-refractivity contribution is -0.118. The van der Waals surface area contributed by atoms with Gasteiger partial charge in [0.1, 0.15) is 0 Å². The van der Waals surface area contributed by atoms with Crippen molar-refractivity contribution in [2.75, 3.05) is 11.9 Å². The molecule has 102 valence electrons. The standard InChI is InChI=1S/C14H18N2O3/c1-3-19-12-7-10(12)14(18)16-11-6-9(13(15)17)5-4-8(11)2/h4-6,10,12H,3,7H2,1-2H3,(H2,15,17)(H,16,18)/t10-,12-/m1/s1. The highest BCUT2D eigenvalue weighted by molar-refractivity contribution is 5.98. The number of ether oxygens (including phenoxy) is 1. The van der Waals surface area contributed by atoms with Gasteiger partial charge in [-0.3, -0.25) is 9.59 Å². The minimum atomic E-state index is -0.505. The Kier molecular flexibility index (Phi) is 3.85. The van der Waals surface area contributed by atoms with Crippen molar-refractivity contribution in [1.82, 2.24) is 0 Å². The lowest BCUT2D eigenvalue weighted by atomic mass is 10.1. The van der Waals surface area contributed by atoms with Gasteiger partial charge in [0.15, 0.2) is 0 Å². The van der Waals surface area contributed by atoms with Crippen molar-refractivity contribution in [3.63, 3.8) is 0 Å². The molecule has 1 aromatic rings. The van der Waals surface area contributed by atoms with Crippen LogP contribution in [0, 0.1) is 12.8 Å². The first-order valence-corrected chi connectivity index (χ1v) is 6.35. The quantitative estimate of drug-likeness (QED) is 0.842. The Bertz CT molecular complexity index is 513. The number of benzene rings is 1. The fourth-order valence-corrected chi connectivity index (χ4v) is 1.98. The summed E-state index contributed by atoms with van der Waals surface area (Å²) in [6.45, 7) is 4.39. The van der Waals surface area contributed by atoms with Gasteiger partial charge in [-0.1, -0.05) is 6.07 Å². The van der Waals surface area contributed by atoms with E-state index < -0.39 is 5.91 Å². The highest BCUT2D eigenvalue weighted by Gasteiger charge is 2.44. The molecule has 2 amide bonds. The predicted octanol–water partition coefficient (Wildman–Crippen LogP) is 1.46. The lowest BCUT2D eigenvalue weighted by Crippen LogP contribution is -2.18. The number of carbonyl (C=O) groups excluding carboxylic acids is 2. The van der Waals surface area contributed by atoms with E-state index in [1.165, 1.54) is 0 Å². The van der Waals surface area contributed by atoms with E-state index in [4.69, 9.17) is 10.5 Å². The van der Waals surface area contributed by atoms with Crippen LogP contribution in [0.3, 0.4) is 0 Å². The van der Waals surface area contributed by atoms with Crippen molar-refractivity contribution < 1.29 is 14.3 Å². The normalized spacial score (nSPS) is 20.9. The number of primary amides is 1. The number of rotatable bonds is 5. The summed E-state index contributed by atoms with van der Waals surface area (Å²) < 4.78 is 5.38. The summed E-state index contributed by atoms with van der Waals surface area (Å²) in [7, 11) is 0. The van der Waals surface area contributed by atoms with Crippen molar-refractivity contribution in [2.45, 2.75) is 26.4 Å². The van der Waals surface area contributed by atoms with Gasteiger partial charge in [-0.05, 0) is 38.0 Å². The van der Waals surface area contributed by atoms with Gasteiger partial charge in [-0.25, -0.2) is 0 Å². The van der Waals surface area contributed by atoms with Gasteiger partial charge in [0.25, 0.3) is 0 Å².